The van der Waals surface area contributed by atoms with Gasteiger partial charge in [0.1, 0.15) is 0 Å². The van der Waals surface area contributed by atoms with E-state index >= 15 is 0 Å². The molecule has 2 saturated heterocycles. The summed E-state index contributed by atoms with van der Waals surface area (Å²) in [5.74, 6) is 0.295. The van der Waals surface area contributed by atoms with Crippen LogP contribution in [0.15, 0.2) is 0 Å². The van der Waals surface area contributed by atoms with E-state index in [1.807, 2.05) is 0 Å². The first-order valence-corrected chi connectivity index (χ1v) is 10.4. The second-order valence-corrected chi connectivity index (χ2v) is 8.56. The molecule has 0 aliphatic carbocycles. The minimum Gasteiger partial charge on any atom is -0.377 e. The van der Waals surface area contributed by atoms with Crippen LogP contribution in [-0.2, 0) is 9.53 Å². The Balaban J connectivity index is 1.78. The molecule has 0 aromatic carbocycles. The predicted octanol–water partition coefficient (Wildman–Crippen LogP) is 1.36. The molecule has 0 aromatic heterocycles. The van der Waals surface area contributed by atoms with Gasteiger partial charge in [-0.1, -0.05) is 0 Å². The first-order chi connectivity index (χ1) is 12.3. The van der Waals surface area contributed by atoms with Crippen molar-refractivity contribution in [1.82, 2.24) is 19.6 Å². The van der Waals surface area contributed by atoms with Gasteiger partial charge in [0.05, 0.1) is 19.3 Å². The van der Waals surface area contributed by atoms with E-state index in [1.54, 1.807) is 0 Å². The molecule has 6 nitrogen and oxygen atoms in total. The third-order valence-corrected chi connectivity index (χ3v) is 5.75. The number of amides is 1. The molecular formula is C20H40N4O2. The van der Waals surface area contributed by atoms with Gasteiger partial charge in [-0.2, -0.15) is 0 Å². The number of hydrogen-bond acceptors (Lipinski definition) is 5. The van der Waals surface area contributed by atoms with Gasteiger partial charge in [0.15, 0.2) is 0 Å². The molecule has 0 saturated carbocycles. The maximum Gasteiger partial charge on any atom is 0.236 e. The molecule has 0 spiro atoms. The quantitative estimate of drug-likeness (QED) is 0.678. The standard InChI is InChI=1S/C20H40N4O2/c1-16(2)22-7-9-23(10-8-22)20(25)15-24-18(5)13-21(14-19(24)6)11-12-26-17(3)4/h16-19H,7-15H2,1-6H3. The van der Waals surface area contributed by atoms with Crippen molar-refractivity contribution in [3.8, 4) is 0 Å². The zero-order valence-electron chi connectivity index (χ0n) is 17.8. The molecule has 2 rings (SSSR count). The fraction of sp³-hybridized carbons (Fsp3) is 0.950. The van der Waals surface area contributed by atoms with Gasteiger partial charge in [0, 0.05) is 63.9 Å². The number of piperazine rings is 2. The Bertz CT molecular complexity index is 424. The topological polar surface area (TPSA) is 39.3 Å². The lowest BCUT2D eigenvalue weighted by Crippen LogP contribution is -2.60. The van der Waals surface area contributed by atoms with Gasteiger partial charge < -0.3 is 9.64 Å². The molecule has 26 heavy (non-hydrogen) atoms. The molecule has 2 aliphatic rings. The van der Waals surface area contributed by atoms with Crippen molar-refractivity contribution in [2.24, 2.45) is 0 Å². The van der Waals surface area contributed by atoms with Crippen LogP contribution in [0, 0.1) is 0 Å². The molecule has 152 valence electrons. The van der Waals surface area contributed by atoms with E-state index in [2.05, 4.69) is 61.1 Å². The summed E-state index contributed by atoms with van der Waals surface area (Å²) in [5.41, 5.74) is 0. The number of hydrogen-bond donors (Lipinski definition) is 0. The van der Waals surface area contributed by atoms with Crippen molar-refractivity contribution in [1.29, 1.82) is 0 Å². The highest BCUT2D eigenvalue weighted by atomic mass is 16.5. The highest BCUT2D eigenvalue weighted by Crippen LogP contribution is 2.16. The van der Waals surface area contributed by atoms with Gasteiger partial charge in [0.2, 0.25) is 5.91 Å². The molecule has 6 heteroatoms. The van der Waals surface area contributed by atoms with Crippen LogP contribution in [0.1, 0.15) is 41.5 Å². The Labute approximate surface area is 160 Å². The highest BCUT2D eigenvalue weighted by Gasteiger charge is 2.32. The second-order valence-electron chi connectivity index (χ2n) is 8.56. The molecule has 2 fully saturated rings. The van der Waals surface area contributed by atoms with Gasteiger partial charge in [-0.05, 0) is 41.5 Å². The smallest absolute Gasteiger partial charge is 0.236 e. The second kappa shape index (κ2) is 10.0. The molecule has 2 heterocycles. The Morgan fingerprint density at radius 3 is 2.08 bits per heavy atom. The minimum absolute atomic E-state index is 0.292. The molecule has 2 aliphatic heterocycles. The monoisotopic (exact) mass is 368 g/mol. The number of carbonyl (C=O) groups is 1. The minimum atomic E-state index is 0.292. The number of carbonyl (C=O) groups excluding carboxylic acids is 1. The van der Waals surface area contributed by atoms with Gasteiger partial charge >= 0.3 is 0 Å². The zero-order chi connectivity index (χ0) is 19.3. The summed E-state index contributed by atoms with van der Waals surface area (Å²) in [5, 5.41) is 0. The summed E-state index contributed by atoms with van der Waals surface area (Å²) >= 11 is 0. The third-order valence-electron chi connectivity index (χ3n) is 5.75. The van der Waals surface area contributed by atoms with Crippen LogP contribution in [0.25, 0.3) is 0 Å². The molecule has 0 bridgehead atoms. The molecule has 0 aromatic rings. The van der Waals surface area contributed by atoms with Crippen LogP contribution in [-0.4, -0.2) is 109 Å². The summed E-state index contributed by atoms with van der Waals surface area (Å²) in [6, 6.07) is 1.37. The van der Waals surface area contributed by atoms with E-state index in [9.17, 15) is 4.79 Å². The summed E-state index contributed by atoms with van der Waals surface area (Å²) < 4.78 is 5.69. The van der Waals surface area contributed by atoms with E-state index in [0.29, 0.717) is 36.7 Å². The molecule has 2 unspecified atom stereocenters. The Morgan fingerprint density at radius 2 is 1.58 bits per heavy atom. The summed E-state index contributed by atoms with van der Waals surface area (Å²) in [4.78, 5) is 22.2. The fourth-order valence-corrected chi connectivity index (χ4v) is 4.12. The van der Waals surface area contributed by atoms with Crippen molar-refractivity contribution in [3.05, 3.63) is 0 Å². The van der Waals surface area contributed by atoms with E-state index in [-0.39, 0.29) is 0 Å². The van der Waals surface area contributed by atoms with Crippen molar-refractivity contribution < 1.29 is 9.53 Å². The van der Waals surface area contributed by atoms with Crippen LogP contribution in [0.3, 0.4) is 0 Å². The molecule has 2 atom stereocenters. The van der Waals surface area contributed by atoms with Crippen LogP contribution in [0.4, 0.5) is 0 Å². The van der Waals surface area contributed by atoms with Crippen LogP contribution in [0.2, 0.25) is 0 Å². The SMILES string of the molecule is CC(C)OCCN1CC(C)N(CC(=O)N2CCN(C(C)C)CC2)C(C)C1. The summed E-state index contributed by atoms with van der Waals surface area (Å²) in [6.07, 6.45) is 0.292. The maximum absolute atomic E-state index is 12.8. The van der Waals surface area contributed by atoms with Crippen LogP contribution >= 0.6 is 0 Å². The van der Waals surface area contributed by atoms with E-state index < -0.39 is 0 Å². The molecule has 0 N–H and O–H groups in total. The largest absolute Gasteiger partial charge is 0.377 e. The normalized spacial score (nSPS) is 26.8. The first kappa shape index (κ1) is 21.6. The van der Waals surface area contributed by atoms with E-state index in [4.69, 9.17) is 4.74 Å². The van der Waals surface area contributed by atoms with Crippen molar-refractivity contribution in [3.63, 3.8) is 0 Å². The van der Waals surface area contributed by atoms with Crippen LogP contribution < -0.4 is 0 Å². The Kier molecular flexibility index (Phi) is 8.33. The van der Waals surface area contributed by atoms with E-state index in [0.717, 1.165) is 52.4 Å². The number of nitrogens with zero attached hydrogens (tertiary/aromatic N) is 4. The van der Waals surface area contributed by atoms with Crippen LogP contribution in [0.5, 0.6) is 0 Å². The predicted molar refractivity (Wildman–Crippen MR) is 106 cm³/mol. The lowest BCUT2D eigenvalue weighted by Gasteiger charge is -2.45. The van der Waals surface area contributed by atoms with Crippen molar-refractivity contribution in [2.75, 3.05) is 59.0 Å². The fourth-order valence-electron chi connectivity index (χ4n) is 4.12. The van der Waals surface area contributed by atoms with Gasteiger partial charge in [-0.15, -0.1) is 0 Å². The Morgan fingerprint density at radius 1 is 1.00 bits per heavy atom. The molecular weight excluding hydrogens is 328 g/mol. The number of ether oxygens (including phenoxy) is 1. The van der Waals surface area contributed by atoms with Crippen molar-refractivity contribution in [2.45, 2.75) is 65.8 Å². The van der Waals surface area contributed by atoms with Gasteiger partial charge in [-0.25, -0.2) is 0 Å². The lowest BCUT2D eigenvalue weighted by atomic mass is 10.1. The molecule has 0 radical (unpaired) electrons. The molecule has 1 amide bonds. The maximum atomic E-state index is 12.8. The summed E-state index contributed by atoms with van der Waals surface area (Å²) in [6.45, 7) is 21.2. The Hall–Kier alpha value is -0.690. The highest BCUT2D eigenvalue weighted by molar-refractivity contribution is 5.78. The third kappa shape index (κ3) is 6.19. The van der Waals surface area contributed by atoms with Gasteiger partial charge in [0.25, 0.3) is 0 Å². The van der Waals surface area contributed by atoms with Gasteiger partial charge in [-0.3, -0.25) is 19.5 Å². The zero-order valence-corrected chi connectivity index (χ0v) is 17.8. The number of rotatable bonds is 7. The average molecular weight is 369 g/mol. The lowest BCUT2D eigenvalue weighted by molar-refractivity contribution is -0.136. The first-order valence-electron chi connectivity index (χ1n) is 10.4. The van der Waals surface area contributed by atoms with Crippen molar-refractivity contribution >= 4 is 5.91 Å². The average Bonchev–Trinajstić information content (AvgIpc) is 2.57. The van der Waals surface area contributed by atoms with E-state index in [1.165, 1.54) is 0 Å². The summed E-state index contributed by atoms with van der Waals surface area (Å²) in [7, 11) is 0.